The molecule has 0 heterocycles. The number of nitrogens with one attached hydrogen (secondary N) is 2. The van der Waals surface area contributed by atoms with Crippen LogP contribution in [0.5, 0.6) is 5.75 Å². The van der Waals surface area contributed by atoms with Crippen molar-refractivity contribution in [2.24, 2.45) is 5.92 Å². The summed E-state index contributed by atoms with van der Waals surface area (Å²) in [6.45, 7) is 2.59. The minimum absolute atomic E-state index is 0.0211. The van der Waals surface area contributed by atoms with Crippen LogP contribution in [0.3, 0.4) is 0 Å². The van der Waals surface area contributed by atoms with Crippen LogP contribution >= 0.6 is 0 Å². The van der Waals surface area contributed by atoms with Gasteiger partial charge < -0.3 is 20.1 Å². The van der Waals surface area contributed by atoms with E-state index in [1.807, 2.05) is 24.3 Å². The average Bonchev–Trinajstić information content (AvgIpc) is 3.28. The van der Waals surface area contributed by atoms with Crippen molar-refractivity contribution in [3.63, 3.8) is 0 Å². The molecule has 2 N–H and O–H groups in total. The first kappa shape index (κ1) is 15.8. The number of ether oxygens (including phenoxy) is 2. The van der Waals surface area contributed by atoms with E-state index in [-0.39, 0.29) is 5.91 Å². The van der Waals surface area contributed by atoms with Crippen molar-refractivity contribution in [3.05, 3.63) is 24.3 Å². The van der Waals surface area contributed by atoms with E-state index in [2.05, 4.69) is 10.6 Å². The van der Waals surface area contributed by atoms with E-state index in [1.54, 1.807) is 7.11 Å². The molecule has 1 aliphatic carbocycles. The third-order valence-corrected chi connectivity index (χ3v) is 3.29. The standard InChI is InChI=1S/C16H24N2O3/c1-20-8-3-9-21-15-5-2-4-14(10-15)18-16(19)12-17-11-13-6-7-13/h2,4-5,10,13,17H,3,6-9,11-12H2,1H3,(H,18,19). The average molecular weight is 292 g/mol. The first-order valence-electron chi connectivity index (χ1n) is 7.50. The Labute approximate surface area is 126 Å². The van der Waals surface area contributed by atoms with Gasteiger partial charge >= 0.3 is 0 Å². The van der Waals surface area contributed by atoms with Gasteiger partial charge in [-0.15, -0.1) is 0 Å². The fourth-order valence-electron chi connectivity index (χ4n) is 1.97. The zero-order chi connectivity index (χ0) is 14.9. The van der Waals surface area contributed by atoms with Gasteiger partial charge in [0.25, 0.3) is 0 Å². The summed E-state index contributed by atoms with van der Waals surface area (Å²) in [5.74, 6) is 1.52. The van der Waals surface area contributed by atoms with Crippen LogP contribution in [0.15, 0.2) is 24.3 Å². The van der Waals surface area contributed by atoms with Gasteiger partial charge in [0.15, 0.2) is 0 Å². The molecule has 1 aliphatic rings. The maximum Gasteiger partial charge on any atom is 0.238 e. The Hall–Kier alpha value is -1.59. The minimum atomic E-state index is -0.0211. The van der Waals surface area contributed by atoms with Gasteiger partial charge in [-0.3, -0.25) is 4.79 Å². The normalized spacial score (nSPS) is 14.0. The molecule has 0 bridgehead atoms. The molecule has 0 aromatic heterocycles. The molecule has 1 aromatic carbocycles. The molecule has 0 atom stereocenters. The highest BCUT2D eigenvalue weighted by Crippen LogP contribution is 2.27. The van der Waals surface area contributed by atoms with Gasteiger partial charge in [-0.1, -0.05) is 6.07 Å². The second kappa shape index (κ2) is 8.64. The van der Waals surface area contributed by atoms with E-state index < -0.39 is 0 Å². The molecule has 5 heteroatoms. The van der Waals surface area contributed by atoms with E-state index in [0.717, 1.165) is 30.3 Å². The van der Waals surface area contributed by atoms with Gasteiger partial charge in [0.2, 0.25) is 5.91 Å². The third-order valence-electron chi connectivity index (χ3n) is 3.29. The number of carbonyl (C=O) groups is 1. The summed E-state index contributed by atoms with van der Waals surface area (Å²) < 4.78 is 10.6. The van der Waals surface area contributed by atoms with Crippen molar-refractivity contribution in [2.45, 2.75) is 19.3 Å². The number of carbonyl (C=O) groups excluding carboxylic acids is 1. The summed E-state index contributed by atoms with van der Waals surface area (Å²) in [4.78, 5) is 11.8. The van der Waals surface area contributed by atoms with Gasteiger partial charge in [0.05, 0.1) is 13.2 Å². The van der Waals surface area contributed by atoms with E-state index >= 15 is 0 Å². The van der Waals surface area contributed by atoms with Crippen molar-refractivity contribution in [1.29, 1.82) is 0 Å². The summed E-state index contributed by atoms with van der Waals surface area (Å²) in [7, 11) is 1.67. The molecular formula is C16H24N2O3. The Bertz CT molecular complexity index is 447. The summed E-state index contributed by atoms with van der Waals surface area (Å²) >= 11 is 0. The van der Waals surface area contributed by atoms with E-state index in [4.69, 9.17) is 9.47 Å². The topological polar surface area (TPSA) is 59.6 Å². The van der Waals surface area contributed by atoms with E-state index in [9.17, 15) is 4.79 Å². The quantitative estimate of drug-likeness (QED) is 0.648. The van der Waals surface area contributed by atoms with Crippen LogP contribution in [-0.4, -0.2) is 39.3 Å². The molecule has 0 aliphatic heterocycles. The van der Waals surface area contributed by atoms with Crippen LogP contribution in [0.25, 0.3) is 0 Å². The molecule has 0 saturated heterocycles. The van der Waals surface area contributed by atoms with Crippen LogP contribution in [0.1, 0.15) is 19.3 Å². The second-order valence-corrected chi connectivity index (χ2v) is 5.35. The predicted octanol–water partition coefficient (Wildman–Crippen LogP) is 2.04. The highest BCUT2D eigenvalue weighted by atomic mass is 16.5. The first-order chi connectivity index (χ1) is 10.3. The minimum Gasteiger partial charge on any atom is -0.493 e. The fourth-order valence-corrected chi connectivity index (χ4v) is 1.97. The first-order valence-corrected chi connectivity index (χ1v) is 7.50. The summed E-state index contributed by atoms with van der Waals surface area (Å²) in [6.07, 6.45) is 3.42. The maximum atomic E-state index is 11.8. The van der Waals surface area contributed by atoms with Crippen LogP contribution in [-0.2, 0) is 9.53 Å². The van der Waals surface area contributed by atoms with E-state index in [1.165, 1.54) is 12.8 Å². The van der Waals surface area contributed by atoms with Crippen LogP contribution in [0.2, 0.25) is 0 Å². The number of rotatable bonds is 10. The molecule has 1 saturated carbocycles. The molecular weight excluding hydrogens is 268 g/mol. The monoisotopic (exact) mass is 292 g/mol. The van der Waals surface area contributed by atoms with Crippen LogP contribution in [0, 0.1) is 5.92 Å². The zero-order valence-corrected chi connectivity index (χ0v) is 12.6. The summed E-state index contributed by atoms with van der Waals surface area (Å²) in [5, 5.41) is 6.05. The number of amides is 1. The van der Waals surface area contributed by atoms with Gasteiger partial charge in [-0.05, 0) is 37.4 Å². The van der Waals surface area contributed by atoms with Gasteiger partial charge in [-0.25, -0.2) is 0 Å². The lowest BCUT2D eigenvalue weighted by Crippen LogP contribution is -2.29. The number of hydrogen-bond acceptors (Lipinski definition) is 4. The zero-order valence-electron chi connectivity index (χ0n) is 12.6. The Morgan fingerprint density at radius 1 is 1.33 bits per heavy atom. The highest BCUT2D eigenvalue weighted by molar-refractivity contribution is 5.92. The van der Waals surface area contributed by atoms with E-state index in [0.29, 0.717) is 19.8 Å². The van der Waals surface area contributed by atoms with Crippen molar-refractivity contribution >= 4 is 11.6 Å². The molecule has 0 spiro atoms. The molecule has 21 heavy (non-hydrogen) atoms. The van der Waals surface area contributed by atoms with Crippen molar-refractivity contribution in [3.8, 4) is 5.75 Å². The SMILES string of the molecule is COCCCOc1cccc(NC(=O)CNCC2CC2)c1. The lowest BCUT2D eigenvalue weighted by atomic mass is 10.3. The number of hydrogen-bond donors (Lipinski definition) is 2. The van der Waals surface area contributed by atoms with Crippen molar-refractivity contribution < 1.29 is 14.3 Å². The summed E-state index contributed by atoms with van der Waals surface area (Å²) in [6, 6.07) is 7.46. The Morgan fingerprint density at radius 2 is 2.19 bits per heavy atom. The lowest BCUT2D eigenvalue weighted by molar-refractivity contribution is -0.115. The second-order valence-electron chi connectivity index (χ2n) is 5.35. The molecule has 5 nitrogen and oxygen atoms in total. The number of methoxy groups -OCH3 is 1. The lowest BCUT2D eigenvalue weighted by Gasteiger charge is -2.09. The highest BCUT2D eigenvalue weighted by Gasteiger charge is 2.20. The van der Waals surface area contributed by atoms with Crippen LogP contribution in [0.4, 0.5) is 5.69 Å². The number of benzene rings is 1. The van der Waals surface area contributed by atoms with Gasteiger partial charge in [0, 0.05) is 31.9 Å². The van der Waals surface area contributed by atoms with Gasteiger partial charge in [-0.2, -0.15) is 0 Å². The molecule has 2 rings (SSSR count). The molecule has 1 aromatic rings. The molecule has 0 radical (unpaired) electrons. The Kier molecular flexibility index (Phi) is 6.50. The molecule has 1 amide bonds. The molecule has 1 fully saturated rings. The van der Waals surface area contributed by atoms with Crippen LogP contribution < -0.4 is 15.4 Å². The Morgan fingerprint density at radius 3 is 2.95 bits per heavy atom. The molecule has 116 valence electrons. The van der Waals surface area contributed by atoms with Crippen molar-refractivity contribution in [1.82, 2.24) is 5.32 Å². The Balaban J connectivity index is 1.69. The maximum absolute atomic E-state index is 11.8. The fraction of sp³-hybridized carbons (Fsp3) is 0.562. The largest absolute Gasteiger partial charge is 0.493 e. The predicted molar refractivity (Wildman–Crippen MR) is 82.7 cm³/mol. The number of anilines is 1. The summed E-state index contributed by atoms with van der Waals surface area (Å²) in [5.41, 5.74) is 0.762. The van der Waals surface area contributed by atoms with Crippen molar-refractivity contribution in [2.75, 3.05) is 38.7 Å². The van der Waals surface area contributed by atoms with Gasteiger partial charge in [0.1, 0.15) is 5.75 Å². The third kappa shape index (κ3) is 6.60. The molecule has 0 unspecified atom stereocenters. The smallest absolute Gasteiger partial charge is 0.238 e.